The zero-order valence-electron chi connectivity index (χ0n) is 6.60. The summed E-state index contributed by atoms with van der Waals surface area (Å²) >= 11 is 7.00. The summed E-state index contributed by atoms with van der Waals surface area (Å²) in [5.41, 5.74) is 7.47. The molecule has 12 heavy (non-hydrogen) atoms. The highest BCUT2D eigenvalue weighted by molar-refractivity contribution is 14.1. The van der Waals surface area contributed by atoms with Crippen LogP contribution in [-0.4, -0.2) is 5.11 Å². The van der Waals surface area contributed by atoms with Gasteiger partial charge in [-0.05, 0) is 65.5 Å². The Labute approximate surface area is 90.7 Å². The van der Waals surface area contributed by atoms with Gasteiger partial charge in [-0.3, -0.25) is 0 Å². The highest BCUT2D eigenvalue weighted by Gasteiger charge is 1.97. The fourth-order valence-corrected chi connectivity index (χ4v) is 1.66. The minimum Gasteiger partial charge on any atom is -0.376 e. The lowest BCUT2D eigenvalue weighted by Crippen LogP contribution is -2.19. The zero-order valence-corrected chi connectivity index (χ0v) is 9.57. The molecule has 0 aliphatic rings. The van der Waals surface area contributed by atoms with Crippen LogP contribution in [0.2, 0.25) is 0 Å². The Morgan fingerprint density at radius 3 is 2.75 bits per heavy atom. The van der Waals surface area contributed by atoms with Gasteiger partial charge in [-0.1, -0.05) is 0 Å². The summed E-state index contributed by atoms with van der Waals surface area (Å²) < 4.78 is 1.21. The molecular formula is C8H9IN2S. The molecule has 0 amide bonds. The van der Waals surface area contributed by atoms with Crippen molar-refractivity contribution in [3.05, 3.63) is 27.3 Å². The summed E-state index contributed by atoms with van der Waals surface area (Å²) in [6.07, 6.45) is 0. The molecule has 0 radical (unpaired) electrons. The van der Waals surface area contributed by atoms with E-state index in [4.69, 9.17) is 18.0 Å². The molecule has 0 saturated heterocycles. The van der Waals surface area contributed by atoms with E-state index in [1.54, 1.807) is 0 Å². The van der Waals surface area contributed by atoms with Gasteiger partial charge in [0.15, 0.2) is 5.11 Å². The van der Waals surface area contributed by atoms with Gasteiger partial charge < -0.3 is 11.1 Å². The van der Waals surface area contributed by atoms with Gasteiger partial charge in [-0.15, -0.1) is 0 Å². The lowest BCUT2D eigenvalue weighted by molar-refractivity contribution is 1.43. The predicted molar refractivity (Wildman–Crippen MR) is 64.3 cm³/mol. The van der Waals surface area contributed by atoms with Crippen LogP contribution in [0, 0.1) is 10.5 Å². The Balaban J connectivity index is 2.93. The van der Waals surface area contributed by atoms with Crippen LogP contribution in [0.1, 0.15) is 5.56 Å². The Hall–Kier alpha value is -0.360. The first-order chi connectivity index (χ1) is 5.59. The molecule has 0 unspecified atom stereocenters. The minimum atomic E-state index is 0.305. The van der Waals surface area contributed by atoms with Gasteiger partial charge >= 0.3 is 0 Å². The summed E-state index contributed by atoms with van der Waals surface area (Å²) in [5.74, 6) is 0. The molecule has 4 heteroatoms. The van der Waals surface area contributed by atoms with E-state index in [-0.39, 0.29) is 0 Å². The Kier molecular flexibility index (Phi) is 3.28. The lowest BCUT2D eigenvalue weighted by Gasteiger charge is -2.07. The van der Waals surface area contributed by atoms with Crippen molar-refractivity contribution in [3.8, 4) is 0 Å². The number of halogens is 1. The number of thiocarbonyl (C=S) groups is 1. The maximum absolute atomic E-state index is 5.35. The van der Waals surface area contributed by atoms with E-state index in [9.17, 15) is 0 Å². The zero-order chi connectivity index (χ0) is 9.14. The van der Waals surface area contributed by atoms with E-state index in [0.29, 0.717) is 5.11 Å². The topological polar surface area (TPSA) is 38.0 Å². The van der Waals surface area contributed by atoms with Crippen LogP contribution < -0.4 is 11.1 Å². The van der Waals surface area contributed by atoms with Crippen LogP contribution in [0.3, 0.4) is 0 Å². The molecule has 1 aromatic rings. The molecule has 0 atom stereocenters. The number of nitrogens with two attached hydrogens (primary N) is 1. The van der Waals surface area contributed by atoms with Crippen molar-refractivity contribution in [2.45, 2.75) is 6.92 Å². The highest BCUT2D eigenvalue weighted by Crippen LogP contribution is 2.17. The normalized spacial score (nSPS) is 9.50. The first-order valence-corrected chi connectivity index (χ1v) is 4.91. The van der Waals surface area contributed by atoms with Crippen molar-refractivity contribution in [2.75, 3.05) is 5.32 Å². The third-order valence-corrected chi connectivity index (χ3v) is 2.22. The molecule has 0 heterocycles. The summed E-state index contributed by atoms with van der Waals surface area (Å²) in [6, 6.07) is 6.05. The summed E-state index contributed by atoms with van der Waals surface area (Å²) in [5, 5.41) is 3.21. The van der Waals surface area contributed by atoms with E-state index in [0.717, 1.165) is 11.3 Å². The number of aryl methyl sites for hydroxylation is 1. The molecule has 1 rings (SSSR count). The van der Waals surface area contributed by atoms with Crippen LogP contribution in [0.15, 0.2) is 18.2 Å². The molecule has 0 bridgehead atoms. The molecule has 0 saturated carbocycles. The van der Waals surface area contributed by atoms with Crippen molar-refractivity contribution in [1.82, 2.24) is 0 Å². The number of hydrogen-bond donors (Lipinski definition) is 2. The summed E-state index contributed by atoms with van der Waals surface area (Å²) in [6.45, 7) is 2.02. The quantitative estimate of drug-likeness (QED) is 0.616. The first kappa shape index (κ1) is 9.73. The SMILES string of the molecule is Cc1cc(I)ccc1NC(N)=S. The van der Waals surface area contributed by atoms with Gasteiger partial charge in [0.1, 0.15) is 0 Å². The number of rotatable bonds is 1. The fraction of sp³-hybridized carbons (Fsp3) is 0.125. The van der Waals surface area contributed by atoms with Crippen molar-refractivity contribution in [2.24, 2.45) is 5.73 Å². The maximum Gasteiger partial charge on any atom is 0.168 e. The van der Waals surface area contributed by atoms with E-state index >= 15 is 0 Å². The second-order valence-corrected chi connectivity index (χ2v) is 4.13. The number of benzene rings is 1. The summed E-state index contributed by atoms with van der Waals surface area (Å²) in [4.78, 5) is 0. The third-order valence-electron chi connectivity index (χ3n) is 1.45. The molecule has 3 N–H and O–H groups in total. The molecule has 1 aromatic carbocycles. The van der Waals surface area contributed by atoms with Gasteiger partial charge in [0, 0.05) is 9.26 Å². The molecule has 64 valence electrons. The number of hydrogen-bond acceptors (Lipinski definition) is 1. The average molecular weight is 292 g/mol. The van der Waals surface area contributed by atoms with Crippen LogP contribution >= 0.6 is 34.8 Å². The molecule has 0 aliphatic heterocycles. The molecule has 0 spiro atoms. The van der Waals surface area contributed by atoms with Crippen LogP contribution in [-0.2, 0) is 0 Å². The van der Waals surface area contributed by atoms with E-state index in [1.807, 2.05) is 19.1 Å². The van der Waals surface area contributed by atoms with E-state index < -0.39 is 0 Å². The van der Waals surface area contributed by atoms with Crippen molar-refractivity contribution in [1.29, 1.82) is 0 Å². The molecular weight excluding hydrogens is 283 g/mol. The fourth-order valence-electron chi connectivity index (χ4n) is 0.900. The molecule has 0 aromatic heterocycles. The van der Waals surface area contributed by atoms with Gasteiger partial charge in [-0.2, -0.15) is 0 Å². The van der Waals surface area contributed by atoms with E-state index in [2.05, 4.69) is 34.0 Å². The smallest absolute Gasteiger partial charge is 0.168 e. The predicted octanol–water partition coefficient (Wildman–Crippen LogP) is 2.26. The van der Waals surface area contributed by atoms with Gasteiger partial charge in [-0.25, -0.2) is 0 Å². The first-order valence-electron chi connectivity index (χ1n) is 3.42. The van der Waals surface area contributed by atoms with Crippen molar-refractivity contribution < 1.29 is 0 Å². The lowest BCUT2D eigenvalue weighted by atomic mass is 10.2. The average Bonchev–Trinajstić information content (AvgIpc) is 1.94. The second kappa shape index (κ2) is 4.04. The maximum atomic E-state index is 5.35. The Morgan fingerprint density at radius 2 is 2.25 bits per heavy atom. The van der Waals surface area contributed by atoms with Gasteiger partial charge in [0.05, 0.1) is 0 Å². The van der Waals surface area contributed by atoms with Gasteiger partial charge in [0.25, 0.3) is 0 Å². The standard InChI is InChI=1S/C8H9IN2S/c1-5-4-6(9)2-3-7(5)11-8(10)12/h2-4H,1H3,(H3,10,11,12). The minimum absolute atomic E-state index is 0.305. The Bertz CT molecular complexity index is 312. The Morgan fingerprint density at radius 1 is 1.58 bits per heavy atom. The third kappa shape index (κ3) is 2.60. The van der Waals surface area contributed by atoms with Crippen molar-refractivity contribution in [3.63, 3.8) is 0 Å². The molecule has 2 nitrogen and oxygen atoms in total. The monoisotopic (exact) mass is 292 g/mol. The van der Waals surface area contributed by atoms with E-state index in [1.165, 1.54) is 3.57 Å². The van der Waals surface area contributed by atoms with Crippen molar-refractivity contribution >= 4 is 45.6 Å². The molecule has 0 fully saturated rings. The van der Waals surface area contributed by atoms with Gasteiger partial charge in [0.2, 0.25) is 0 Å². The molecule has 0 aliphatic carbocycles. The van der Waals surface area contributed by atoms with Crippen LogP contribution in [0.4, 0.5) is 5.69 Å². The van der Waals surface area contributed by atoms with Crippen LogP contribution in [0.25, 0.3) is 0 Å². The van der Waals surface area contributed by atoms with Crippen LogP contribution in [0.5, 0.6) is 0 Å². The summed E-state index contributed by atoms with van der Waals surface area (Å²) in [7, 11) is 0. The highest BCUT2D eigenvalue weighted by atomic mass is 127. The number of anilines is 1. The second-order valence-electron chi connectivity index (χ2n) is 2.45. The largest absolute Gasteiger partial charge is 0.376 e. The number of nitrogens with one attached hydrogen (secondary N) is 1.